The maximum absolute atomic E-state index is 9.93. The van der Waals surface area contributed by atoms with Crippen LogP contribution in [-0.4, -0.2) is 27.8 Å². The van der Waals surface area contributed by atoms with E-state index in [0.717, 1.165) is 30.0 Å². The van der Waals surface area contributed by atoms with Crippen LogP contribution in [0, 0.1) is 5.92 Å². The van der Waals surface area contributed by atoms with Crippen molar-refractivity contribution in [2.45, 2.75) is 91.1 Å². The van der Waals surface area contributed by atoms with Crippen LogP contribution in [-0.2, 0) is 6.42 Å². The molecule has 0 saturated carbocycles. The predicted molar refractivity (Wildman–Crippen MR) is 125 cm³/mol. The van der Waals surface area contributed by atoms with Crippen molar-refractivity contribution in [2.24, 2.45) is 5.92 Å². The van der Waals surface area contributed by atoms with Gasteiger partial charge in [-0.15, -0.1) is 0 Å². The fourth-order valence-electron chi connectivity index (χ4n) is 3.60. The Morgan fingerprint density at radius 3 is 2.07 bits per heavy atom. The van der Waals surface area contributed by atoms with Crippen LogP contribution in [0.15, 0.2) is 36.7 Å². The van der Waals surface area contributed by atoms with Gasteiger partial charge in [0.25, 0.3) is 0 Å². The quantitative estimate of drug-likeness (QED) is 0.334. The molecule has 30 heavy (non-hydrogen) atoms. The summed E-state index contributed by atoms with van der Waals surface area (Å²) in [6.45, 7) is 6.78. The summed E-state index contributed by atoms with van der Waals surface area (Å²) in [5.74, 6) is 1.95. The number of benzene rings is 1. The van der Waals surface area contributed by atoms with Crippen molar-refractivity contribution < 1.29 is 9.84 Å². The van der Waals surface area contributed by atoms with Crippen LogP contribution in [0.2, 0.25) is 0 Å². The molecule has 0 aliphatic carbocycles. The van der Waals surface area contributed by atoms with Gasteiger partial charge in [0.1, 0.15) is 12.4 Å². The van der Waals surface area contributed by atoms with Gasteiger partial charge in [-0.05, 0) is 55.0 Å². The Balaban J connectivity index is 1.71. The van der Waals surface area contributed by atoms with Crippen LogP contribution < -0.4 is 4.74 Å². The van der Waals surface area contributed by atoms with Crippen molar-refractivity contribution in [3.05, 3.63) is 42.2 Å². The van der Waals surface area contributed by atoms with Gasteiger partial charge < -0.3 is 9.84 Å². The van der Waals surface area contributed by atoms with Crippen LogP contribution in [0.5, 0.6) is 5.75 Å². The molecule has 0 radical (unpaired) electrons. The minimum atomic E-state index is -0.429. The molecule has 0 aliphatic heterocycles. The second-order valence-corrected chi connectivity index (χ2v) is 8.76. The molecule has 1 N–H and O–H groups in total. The van der Waals surface area contributed by atoms with Crippen molar-refractivity contribution in [3.63, 3.8) is 0 Å². The standard InChI is InChI=1S/C26H40N2O2/c1-4-5-6-7-8-9-10-11-12-22-18-27-26(28-19-22)23-13-15-25(16-14-23)30-20-24(29)17-21(2)3/h13-16,18-19,21,24,29H,4-12,17,20H2,1-3H3/t24-/m0/s1. The van der Waals surface area contributed by atoms with Crippen LogP contribution in [0.4, 0.5) is 0 Å². The Labute approximate surface area is 183 Å². The molecule has 1 aromatic carbocycles. The molecule has 4 nitrogen and oxygen atoms in total. The molecule has 0 aliphatic rings. The first-order valence-electron chi connectivity index (χ1n) is 11.8. The molecule has 4 heteroatoms. The minimum absolute atomic E-state index is 0.321. The Hall–Kier alpha value is -1.94. The lowest BCUT2D eigenvalue weighted by atomic mass is 10.1. The number of aliphatic hydroxyl groups excluding tert-OH is 1. The summed E-state index contributed by atoms with van der Waals surface area (Å²) in [6, 6.07) is 7.76. The van der Waals surface area contributed by atoms with Gasteiger partial charge in [0.05, 0.1) is 6.10 Å². The molecule has 166 valence electrons. The highest BCUT2D eigenvalue weighted by Crippen LogP contribution is 2.20. The van der Waals surface area contributed by atoms with E-state index >= 15 is 0 Å². The molecule has 0 unspecified atom stereocenters. The lowest BCUT2D eigenvalue weighted by Crippen LogP contribution is -2.19. The van der Waals surface area contributed by atoms with E-state index in [-0.39, 0.29) is 0 Å². The van der Waals surface area contributed by atoms with Gasteiger partial charge >= 0.3 is 0 Å². The Morgan fingerprint density at radius 2 is 1.47 bits per heavy atom. The molecule has 0 amide bonds. The number of hydrogen-bond donors (Lipinski definition) is 1. The molecule has 2 aromatic rings. The van der Waals surface area contributed by atoms with Crippen LogP contribution in [0.1, 0.15) is 84.1 Å². The molecule has 2 rings (SSSR count). The number of rotatable bonds is 15. The van der Waals surface area contributed by atoms with Gasteiger partial charge in [-0.1, -0.05) is 65.7 Å². The van der Waals surface area contributed by atoms with E-state index < -0.39 is 6.10 Å². The van der Waals surface area contributed by atoms with Gasteiger partial charge in [0.15, 0.2) is 5.82 Å². The largest absolute Gasteiger partial charge is 0.491 e. The molecule has 0 bridgehead atoms. The summed E-state index contributed by atoms with van der Waals surface area (Å²) in [5, 5.41) is 9.93. The van der Waals surface area contributed by atoms with E-state index in [2.05, 4.69) is 30.7 Å². The Bertz CT molecular complexity index is 683. The number of unbranched alkanes of at least 4 members (excludes halogenated alkanes) is 7. The number of aromatic nitrogens is 2. The van der Waals surface area contributed by atoms with E-state index in [1.807, 2.05) is 36.7 Å². The number of aliphatic hydroxyl groups is 1. The zero-order valence-corrected chi connectivity index (χ0v) is 19.1. The zero-order valence-electron chi connectivity index (χ0n) is 19.1. The van der Waals surface area contributed by atoms with Crippen molar-refractivity contribution >= 4 is 0 Å². The van der Waals surface area contributed by atoms with Crippen LogP contribution >= 0.6 is 0 Å². The summed E-state index contributed by atoms with van der Waals surface area (Å²) in [6.07, 6.45) is 16.0. The summed E-state index contributed by atoms with van der Waals surface area (Å²) < 4.78 is 5.68. The SMILES string of the molecule is CCCCCCCCCCc1cnc(-c2ccc(OC[C@@H](O)CC(C)C)cc2)nc1. The number of aryl methyl sites for hydroxylation is 1. The van der Waals surface area contributed by atoms with Gasteiger partial charge in [-0.2, -0.15) is 0 Å². The van der Waals surface area contributed by atoms with E-state index in [1.165, 1.54) is 56.9 Å². The molecule has 0 saturated heterocycles. The highest BCUT2D eigenvalue weighted by atomic mass is 16.5. The fraction of sp³-hybridized carbons (Fsp3) is 0.615. The molecule has 0 fully saturated rings. The molecule has 1 aromatic heterocycles. The lowest BCUT2D eigenvalue weighted by Gasteiger charge is -2.14. The maximum atomic E-state index is 9.93. The second kappa shape index (κ2) is 14.1. The first-order chi connectivity index (χ1) is 14.6. The summed E-state index contributed by atoms with van der Waals surface area (Å²) in [5.41, 5.74) is 2.19. The Kier molecular flexibility index (Phi) is 11.5. The first kappa shape index (κ1) is 24.3. The van der Waals surface area contributed by atoms with Gasteiger partial charge in [-0.3, -0.25) is 0 Å². The van der Waals surface area contributed by atoms with E-state index in [1.54, 1.807) is 0 Å². The predicted octanol–water partition coefficient (Wildman–Crippen LogP) is 6.61. The van der Waals surface area contributed by atoms with E-state index in [0.29, 0.717) is 12.5 Å². The number of nitrogens with zero attached hydrogens (tertiary/aromatic N) is 2. The van der Waals surface area contributed by atoms with Crippen LogP contribution in [0.25, 0.3) is 11.4 Å². The molecular weight excluding hydrogens is 372 g/mol. The lowest BCUT2D eigenvalue weighted by molar-refractivity contribution is 0.0893. The topological polar surface area (TPSA) is 55.2 Å². The van der Waals surface area contributed by atoms with E-state index in [9.17, 15) is 5.11 Å². The van der Waals surface area contributed by atoms with Crippen LogP contribution in [0.3, 0.4) is 0 Å². The summed E-state index contributed by atoms with van der Waals surface area (Å²) >= 11 is 0. The third-order valence-corrected chi connectivity index (χ3v) is 5.32. The molecule has 0 spiro atoms. The third-order valence-electron chi connectivity index (χ3n) is 5.32. The highest BCUT2D eigenvalue weighted by Gasteiger charge is 2.08. The zero-order chi connectivity index (χ0) is 21.6. The van der Waals surface area contributed by atoms with Gasteiger partial charge in [0.2, 0.25) is 0 Å². The van der Waals surface area contributed by atoms with Crippen molar-refractivity contribution in [1.29, 1.82) is 0 Å². The number of ether oxygens (including phenoxy) is 1. The average Bonchev–Trinajstić information content (AvgIpc) is 2.74. The van der Waals surface area contributed by atoms with Crippen molar-refractivity contribution in [1.82, 2.24) is 9.97 Å². The first-order valence-corrected chi connectivity index (χ1v) is 11.8. The minimum Gasteiger partial charge on any atom is -0.491 e. The highest BCUT2D eigenvalue weighted by molar-refractivity contribution is 5.55. The monoisotopic (exact) mass is 412 g/mol. The molecule has 1 atom stereocenters. The second-order valence-electron chi connectivity index (χ2n) is 8.76. The summed E-state index contributed by atoms with van der Waals surface area (Å²) in [4.78, 5) is 9.08. The van der Waals surface area contributed by atoms with Crippen molar-refractivity contribution in [3.8, 4) is 17.1 Å². The smallest absolute Gasteiger partial charge is 0.159 e. The average molecular weight is 413 g/mol. The third kappa shape index (κ3) is 9.71. The van der Waals surface area contributed by atoms with Gasteiger partial charge in [0, 0.05) is 18.0 Å². The Morgan fingerprint density at radius 1 is 0.867 bits per heavy atom. The molecular formula is C26H40N2O2. The van der Waals surface area contributed by atoms with Crippen molar-refractivity contribution in [2.75, 3.05) is 6.61 Å². The van der Waals surface area contributed by atoms with E-state index in [4.69, 9.17) is 4.74 Å². The number of hydrogen-bond acceptors (Lipinski definition) is 4. The normalized spacial score (nSPS) is 12.3. The van der Waals surface area contributed by atoms with Gasteiger partial charge in [-0.25, -0.2) is 9.97 Å². The summed E-state index contributed by atoms with van der Waals surface area (Å²) in [7, 11) is 0. The fourth-order valence-corrected chi connectivity index (χ4v) is 3.60. The maximum Gasteiger partial charge on any atom is 0.159 e. The molecule has 1 heterocycles.